The van der Waals surface area contributed by atoms with Gasteiger partial charge in [-0.25, -0.2) is 4.98 Å². The summed E-state index contributed by atoms with van der Waals surface area (Å²) in [6, 6.07) is 0.0710. The normalized spacial score (nSPS) is 21.8. The minimum Gasteiger partial charge on any atom is -0.495 e. The molecule has 5 rings (SSSR count). The molecule has 286 valence electrons. The average molecular weight is 739 g/mol. The molecule has 3 aromatic rings. The number of aliphatic hydroxyl groups is 2. The van der Waals surface area contributed by atoms with Gasteiger partial charge in [-0.2, -0.15) is 13.2 Å². The Labute approximate surface area is 298 Å². The number of amides is 2. The zero-order chi connectivity index (χ0) is 37.6. The van der Waals surface area contributed by atoms with Crippen LogP contribution in [-0.4, -0.2) is 136 Å². The Morgan fingerprint density at radius 3 is 2.63 bits per heavy atom. The summed E-state index contributed by atoms with van der Waals surface area (Å²) in [5.74, 6) is -0.468. The van der Waals surface area contributed by atoms with Crippen molar-refractivity contribution < 1.29 is 51.3 Å². The van der Waals surface area contributed by atoms with Gasteiger partial charge in [-0.1, -0.05) is 0 Å². The van der Waals surface area contributed by atoms with Crippen LogP contribution in [0.3, 0.4) is 0 Å². The maximum Gasteiger partial charge on any atom is 0.405 e. The van der Waals surface area contributed by atoms with E-state index in [0.717, 1.165) is 0 Å². The summed E-state index contributed by atoms with van der Waals surface area (Å²) in [6.07, 6.45) is -1.78. The van der Waals surface area contributed by atoms with E-state index < -0.39 is 60.3 Å². The van der Waals surface area contributed by atoms with Crippen molar-refractivity contribution in [3.05, 3.63) is 42.3 Å². The van der Waals surface area contributed by atoms with Crippen molar-refractivity contribution in [3.63, 3.8) is 0 Å². The van der Waals surface area contributed by atoms with E-state index >= 15 is 0 Å². The first-order valence-electron chi connectivity index (χ1n) is 17.0. The number of nitrogens with zero attached hydrogens (tertiary/aromatic N) is 6. The van der Waals surface area contributed by atoms with Gasteiger partial charge in [0.05, 0.1) is 49.9 Å². The fraction of sp³-hybridized carbons (Fsp3) is 0.636. The maximum atomic E-state index is 13.5. The van der Waals surface area contributed by atoms with Crippen LogP contribution in [-0.2, 0) is 26.3 Å². The van der Waals surface area contributed by atoms with E-state index in [1.165, 1.54) is 7.11 Å². The van der Waals surface area contributed by atoms with Crippen LogP contribution in [0.25, 0.3) is 11.3 Å². The third kappa shape index (κ3) is 10.0. The maximum absolute atomic E-state index is 13.5. The molecule has 0 aromatic carbocycles. The number of rotatable bonds is 14. The third-order valence-corrected chi connectivity index (χ3v) is 9.33. The largest absolute Gasteiger partial charge is 0.495 e. The first-order valence-corrected chi connectivity index (χ1v) is 17.0. The van der Waals surface area contributed by atoms with E-state index in [0.29, 0.717) is 48.4 Å². The molecule has 2 saturated heterocycles. The number of carbonyl (C=O) groups excluding carboxylic acids is 2. The van der Waals surface area contributed by atoms with Crippen molar-refractivity contribution in [1.82, 2.24) is 40.6 Å². The highest BCUT2D eigenvalue weighted by molar-refractivity contribution is 5.82. The molecule has 0 unspecified atom stereocenters. The Hall–Kier alpha value is -4.17. The van der Waals surface area contributed by atoms with Gasteiger partial charge in [0, 0.05) is 63.8 Å². The van der Waals surface area contributed by atoms with E-state index in [4.69, 9.17) is 18.3 Å². The van der Waals surface area contributed by atoms with Crippen molar-refractivity contribution >= 4 is 11.8 Å². The molecule has 5 atom stereocenters. The Kier molecular flexibility index (Phi) is 12.5. The molecule has 4 N–H and O–H groups in total. The lowest BCUT2D eigenvalue weighted by Gasteiger charge is -2.46. The number of pyridine rings is 1. The molecule has 2 aliphatic heterocycles. The van der Waals surface area contributed by atoms with E-state index in [-0.39, 0.29) is 45.0 Å². The number of aliphatic hydroxyl groups excluding tert-OH is 2. The fourth-order valence-corrected chi connectivity index (χ4v) is 6.37. The Morgan fingerprint density at radius 2 is 1.94 bits per heavy atom. The molecule has 0 radical (unpaired) electrons. The minimum atomic E-state index is -4.64. The standard InChI is InChI=1S/C33H45F3N8O8/c1-19-41-42-28(51-19)11-20(29(47)40-24-5-8-50-17-26(24)46)9-22(45)15-43-6-7-44(16-25(43)30(48)39-18-33(34,35)36)32(2,3)31-38-14-27(52-31)21-10-23(49-4)13-37-12-21/h10,12-14,20,22,24-26,45-46H,5-9,11,15-18H2,1-4H3,(H,39,48)(H,40,47)/t20-,22-,24-,25-,26+/m0/s1. The fourth-order valence-electron chi connectivity index (χ4n) is 6.37. The first-order chi connectivity index (χ1) is 24.6. The van der Waals surface area contributed by atoms with Gasteiger partial charge in [0.2, 0.25) is 29.5 Å². The molecule has 0 spiro atoms. The van der Waals surface area contributed by atoms with E-state index in [9.17, 15) is 33.0 Å². The van der Waals surface area contributed by atoms with Gasteiger partial charge in [0.25, 0.3) is 0 Å². The molecule has 19 heteroatoms. The van der Waals surface area contributed by atoms with E-state index in [1.54, 1.807) is 36.5 Å². The predicted molar refractivity (Wildman–Crippen MR) is 176 cm³/mol. The van der Waals surface area contributed by atoms with Crippen LogP contribution in [0, 0.1) is 12.8 Å². The van der Waals surface area contributed by atoms with Crippen LogP contribution < -0.4 is 15.4 Å². The van der Waals surface area contributed by atoms with Crippen LogP contribution in [0.5, 0.6) is 5.75 Å². The third-order valence-electron chi connectivity index (χ3n) is 9.33. The molecular weight excluding hydrogens is 693 g/mol. The van der Waals surface area contributed by atoms with Crippen molar-refractivity contribution in [2.75, 3.05) is 53.0 Å². The molecular formula is C33H45F3N8O8. The number of carbonyl (C=O) groups is 2. The second-order valence-corrected chi connectivity index (χ2v) is 13.5. The lowest BCUT2D eigenvalue weighted by Crippen LogP contribution is -2.63. The number of nitrogens with one attached hydrogen (secondary N) is 2. The lowest BCUT2D eigenvalue weighted by atomic mass is 9.94. The van der Waals surface area contributed by atoms with Gasteiger partial charge >= 0.3 is 6.18 Å². The highest BCUT2D eigenvalue weighted by atomic mass is 19.4. The number of halogens is 3. The summed E-state index contributed by atoms with van der Waals surface area (Å²) in [5, 5.41) is 34.3. The molecule has 2 aliphatic rings. The average Bonchev–Trinajstić information content (AvgIpc) is 3.77. The van der Waals surface area contributed by atoms with Crippen LogP contribution in [0.2, 0.25) is 0 Å². The SMILES string of the molecule is COc1cncc(-c2cnc(C(C)(C)N3CCN(C[C@@H](O)C[C@@H](Cc4nnc(C)o4)C(=O)N[C@H]4CCOC[C@H]4O)[C@H](C(=O)NCC(F)(F)F)C3)o2)c1. The molecule has 2 amide bonds. The molecule has 3 aromatic heterocycles. The van der Waals surface area contributed by atoms with Gasteiger partial charge in [-0.05, 0) is 32.8 Å². The lowest BCUT2D eigenvalue weighted by molar-refractivity contribution is -0.145. The Bertz CT molecular complexity index is 1650. The number of oxazole rings is 1. The predicted octanol–water partition coefficient (Wildman–Crippen LogP) is 1.21. The van der Waals surface area contributed by atoms with Crippen molar-refractivity contribution in [2.45, 2.75) is 76.0 Å². The molecule has 2 fully saturated rings. The number of hydrogen-bond donors (Lipinski definition) is 4. The highest BCUT2D eigenvalue weighted by Gasteiger charge is 2.43. The second-order valence-electron chi connectivity index (χ2n) is 13.5. The monoisotopic (exact) mass is 738 g/mol. The van der Waals surface area contributed by atoms with Crippen LogP contribution in [0.1, 0.15) is 44.4 Å². The highest BCUT2D eigenvalue weighted by Crippen LogP contribution is 2.33. The van der Waals surface area contributed by atoms with Gasteiger partial charge < -0.3 is 39.2 Å². The second kappa shape index (κ2) is 16.7. The van der Waals surface area contributed by atoms with Crippen LogP contribution in [0.4, 0.5) is 13.2 Å². The van der Waals surface area contributed by atoms with E-state index in [1.807, 2.05) is 24.1 Å². The van der Waals surface area contributed by atoms with Gasteiger partial charge in [0.15, 0.2) is 5.76 Å². The van der Waals surface area contributed by atoms with Crippen LogP contribution >= 0.6 is 0 Å². The summed E-state index contributed by atoms with van der Waals surface area (Å²) in [6.45, 7) is 4.55. The number of aryl methyl sites for hydroxylation is 1. The molecule has 0 bridgehead atoms. The molecule has 0 aliphatic carbocycles. The van der Waals surface area contributed by atoms with Gasteiger partial charge in [-0.15, -0.1) is 10.2 Å². The van der Waals surface area contributed by atoms with Crippen molar-refractivity contribution in [1.29, 1.82) is 0 Å². The summed E-state index contributed by atoms with van der Waals surface area (Å²) in [7, 11) is 1.52. The first kappa shape index (κ1) is 39.0. The van der Waals surface area contributed by atoms with E-state index in [2.05, 4.69) is 25.5 Å². The van der Waals surface area contributed by atoms with Gasteiger partial charge in [-0.3, -0.25) is 24.4 Å². The Morgan fingerprint density at radius 1 is 1.15 bits per heavy atom. The minimum absolute atomic E-state index is 0.00945. The zero-order valence-electron chi connectivity index (χ0n) is 29.4. The van der Waals surface area contributed by atoms with Crippen molar-refractivity contribution in [2.24, 2.45) is 5.92 Å². The molecule has 52 heavy (non-hydrogen) atoms. The molecule has 16 nitrogen and oxygen atoms in total. The van der Waals surface area contributed by atoms with Crippen molar-refractivity contribution in [3.8, 4) is 17.1 Å². The number of ether oxygens (including phenoxy) is 2. The number of piperazine rings is 1. The number of aromatic nitrogens is 4. The number of methoxy groups -OCH3 is 1. The topological polar surface area (TPSA) is 201 Å². The quantitative estimate of drug-likeness (QED) is 0.184. The zero-order valence-corrected chi connectivity index (χ0v) is 29.4. The Balaban J connectivity index is 1.31. The smallest absolute Gasteiger partial charge is 0.405 e. The van der Waals surface area contributed by atoms with Gasteiger partial charge in [0.1, 0.15) is 18.3 Å². The molecule has 5 heterocycles. The summed E-state index contributed by atoms with van der Waals surface area (Å²) in [5.41, 5.74) is -0.278. The molecule has 0 saturated carbocycles. The summed E-state index contributed by atoms with van der Waals surface area (Å²) in [4.78, 5) is 39.0. The summed E-state index contributed by atoms with van der Waals surface area (Å²) >= 11 is 0. The number of hydrogen-bond acceptors (Lipinski definition) is 14. The van der Waals surface area contributed by atoms with Crippen LogP contribution in [0.15, 0.2) is 33.5 Å². The number of β-amino-alcohol motifs (C(OH)–C–C–N with tert-alkyl or cyclic N) is 1. The number of alkyl halides is 3. The summed E-state index contributed by atoms with van der Waals surface area (Å²) < 4.78 is 61.6.